The van der Waals surface area contributed by atoms with E-state index >= 15 is 0 Å². The summed E-state index contributed by atoms with van der Waals surface area (Å²) in [5, 5.41) is 13.9. The third-order valence-electron chi connectivity index (χ3n) is 4.78. The summed E-state index contributed by atoms with van der Waals surface area (Å²) in [6.45, 7) is 2.85. The summed E-state index contributed by atoms with van der Waals surface area (Å²) in [5.74, 6) is 0. The Morgan fingerprint density at radius 2 is 2.08 bits per heavy atom. The number of likely N-dealkylation sites (tertiary alicyclic amines) is 1. The predicted molar refractivity (Wildman–Crippen MR) is 101 cm³/mol. The number of benzene rings is 1. The standard InChI is InChI=1S/C19H22N6O/c26-19(23-17-4-1-5-18-16(17)12-21-24-18)22-15-6-9-25(10-7-15)13-14-3-2-8-20-11-14/h1-5,8,11-12,15H,6-7,9-10,13H2,(H,21,24)(H2,22,23,26). The number of aromatic nitrogens is 3. The molecule has 1 saturated heterocycles. The Morgan fingerprint density at radius 1 is 1.19 bits per heavy atom. The van der Waals surface area contributed by atoms with E-state index in [-0.39, 0.29) is 12.1 Å². The first kappa shape index (κ1) is 16.5. The number of hydrogen-bond donors (Lipinski definition) is 3. The molecule has 0 spiro atoms. The molecule has 0 aliphatic carbocycles. The maximum absolute atomic E-state index is 12.3. The fraction of sp³-hybridized carbons (Fsp3) is 0.316. The highest BCUT2D eigenvalue weighted by molar-refractivity contribution is 6.00. The number of rotatable bonds is 4. The number of nitrogens with one attached hydrogen (secondary N) is 3. The summed E-state index contributed by atoms with van der Waals surface area (Å²) in [4.78, 5) is 18.9. The zero-order valence-corrected chi connectivity index (χ0v) is 14.5. The summed E-state index contributed by atoms with van der Waals surface area (Å²) < 4.78 is 0. The molecule has 1 aromatic carbocycles. The minimum atomic E-state index is -0.163. The summed E-state index contributed by atoms with van der Waals surface area (Å²) in [7, 11) is 0. The second-order valence-corrected chi connectivity index (χ2v) is 6.65. The van der Waals surface area contributed by atoms with Gasteiger partial charge in [-0.2, -0.15) is 5.10 Å². The van der Waals surface area contributed by atoms with Gasteiger partial charge in [-0.1, -0.05) is 12.1 Å². The highest BCUT2D eigenvalue weighted by Gasteiger charge is 2.21. The fourth-order valence-corrected chi connectivity index (χ4v) is 3.41. The molecule has 4 rings (SSSR count). The average Bonchev–Trinajstić information content (AvgIpc) is 3.14. The molecule has 7 nitrogen and oxygen atoms in total. The number of nitrogens with zero attached hydrogens (tertiary/aromatic N) is 3. The van der Waals surface area contributed by atoms with Crippen molar-refractivity contribution in [2.75, 3.05) is 18.4 Å². The maximum Gasteiger partial charge on any atom is 0.319 e. The Morgan fingerprint density at radius 3 is 2.88 bits per heavy atom. The number of aromatic amines is 1. The molecule has 2 amide bonds. The van der Waals surface area contributed by atoms with Crippen molar-refractivity contribution in [2.45, 2.75) is 25.4 Å². The molecule has 134 valence electrons. The molecule has 2 aromatic heterocycles. The van der Waals surface area contributed by atoms with Gasteiger partial charge in [-0.25, -0.2) is 4.79 Å². The number of carbonyl (C=O) groups is 1. The first-order chi connectivity index (χ1) is 12.8. The maximum atomic E-state index is 12.3. The van der Waals surface area contributed by atoms with E-state index in [0.29, 0.717) is 0 Å². The molecule has 1 fully saturated rings. The van der Waals surface area contributed by atoms with E-state index < -0.39 is 0 Å². The zero-order chi connectivity index (χ0) is 17.8. The van der Waals surface area contributed by atoms with Crippen LogP contribution in [0.25, 0.3) is 10.9 Å². The van der Waals surface area contributed by atoms with Crippen molar-refractivity contribution in [2.24, 2.45) is 0 Å². The van der Waals surface area contributed by atoms with Crippen LogP contribution in [0.15, 0.2) is 48.9 Å². The van der Waals surface area contributed by atoms with E-state index in [4.69, 9.17) is 0 Å². The Bertz CT molecular complexity index is 870. The molecular formula is C19H22N6O. The SMILES string of the molecule is O=C(Nc1cccc2[nH]ncc12)NC1CCN(Cc2cccnc2)CC1. The van der Waals surface area contributed by atoms with Gasteiger partial charge in [0.25, 0.3) is 0 Å². The van der Waals surface area contributed by atoms with Crippen LogP contribution in [-0.4, -0.2) is 45.2 Å². The average molecular weight is 350 g/mol. The summed E-state index contributed by atoms with van der Waals surface area (Å²) >= 11 is 0. The normalized spacial score (nSPS) is 15.8. The highest BCUT2D eigenvalue weighted by Crippen LogP contribution is 2.21. The lowest BCUT2D eigenvalue weighted by Crippen LogP contribution is -2.45. The number of anilines is 1. The molecule has 3 aromatic rings. The number of hydrogen-bond acceptors (Lipinski definition) is 4. The molecule has 26 heavy (non-hydrogen) atoms. The number of amides is 2. The van der Waals surface area contributed by atoms with Crippen molar-refractivity contribution in [1.29, 1.82) is 0 Å². The van der Waals surface area contributed by atoms with Gasteiger partial charge in [-0.05, 0) is 36.6 Å². The third-order valence-corrected chi connectivity index (χ3v) is 4.78. The Kier molecular flexibility index (Phi) is 4.79. The summed E-state index contributed by atoms with van der Waals surface area (Å²) in [6, 6.07) is 9.81. The molecule has 1 aliphatic heterocycles. The van der Waals surface area contributed by atoms with E-state index in [1.807, 2.05) is 30.5 Å². The molecule has 0 atom stereocenters. The van der Waals surface area contributed by atoms with Crippen LogP contribution < -0.4 is 10.6 Å². The van der Waals surface area contributed by atoms with Crippen LogP contribution in [0.2, 0.25) is 0 Å². The molecule has 0 bridgehead atoms. The monoisotopic (exact) mass is 350 g/mol. The lowest BCUT2D eigenvalue weighted by atomic mass is 10.0. The predicted octanol–water partition coefficient (Wildman–Crippen LogP) is 2.74. The number of fused-ring (bicyclic) bond motifs is 1. The minimum Gasteiger partial charge on any atom is -0.335 e. The van der Waals surface area contributed by atoms with Crippen LogP contribution in [0.3, 0.4) is 0 Å². The first-order valence-electron chi connectivity index (χ1n) is 8.89. The zero-order valence-electron chi connectivity index (χ0n) is 14.5. The Balaban J connectivity index is 1.27. The molecule has 7 heteroatoms. The van der Waals surface area contributed by atoms with Crippen LogP contribution in [0, 0.1) is 0 Å². The topological polar surface area (TPSA) is 85.9 Å². The quantitative estimate of drug-likeness (QED) is 0.675. The van der Waals surface area contributed by atoms with Crippen molar-refractivity contribution >= 4 is 22.6 Å². The van der Waals surface area contributed by atoms with E-state index in [9.17, 15) is 4.79 Å². The lowest BCUT2D eigenvalue weighted by Gasteiger charge is -2.32. The van der Waals surface area contributed by atoms with Crippen molar-refractivity contribution in [3.8, 4) is 0 Å². The van der Waals surface area contributed by atoms with Crippen LogP contribution in [0.4, 0.5) is 10.5 Å². The number of carbonyl (C=O) groups excluding carboxylic acids is 1. The molecule has 1 aliphatic rings. The van der Waals surface area contributed by atoms with Gasteiger partial charge in [-0.15, -0.1) is 0 Å². The Hall–Kier alpha value is -2.93. The second kappa shape index (κ2) is 7.53. The van der Waals surface area contributed by atoms with E-state index in [2.05, 4.69) is 36.8 Å². The van der Waals surface area contributed by atoms with Gasteiger partial charge in [0, 0.05) is 43.5 Å². The molecule has 3 heterocycles. The smallest absolute Gasteiger partial charge is 0.319 e. The van der Waals surface area contributed by atoms with Gasteiger partial charge < -0.3 is 10.6 Å². The largest absolute Gasteiger partial charge is 0.335 e. The summed E-state index contributed by atoms with van der Waals surface area (Å²) in [6.07, 6.45) is 7.33. The van der Waals surface area contributed by atoms with Crippen LogP contribution >= 0.6 is 0 Å². The Labute approximate surface area is 151 Å². The minimum absolute atomic E-state index is 0.163. The van der Waals surface area contributed by atoms with Crippen LogP contribution in [0.1, 0.15) is 18.4 Å². The van der Waals surface area contributed by atoms with Gasteiger partial charge in [0.1, 0.15) is 0 Å². The fourth-order valence-electron chi connectivity index (χ4n) is 3.41. The number of pyridine rings is 1. The second-order valence-electron chi connectivity index (χ2n) is 6.65. The van der Waals surface area contributed by atoms with Crippen LogP contribution in [0.5, 0.6) is 0 Å². The lowest BCUT2D eigenvalue weighted by molar-refractivity contribution is 0.189. The molecular weight excluding hydrogens is 328 g/mol. The first-order valence-corrected chi connectivity index (χ1v) is 8.89. The van der Waals surface area contributed by atoms with E-state index in [0.717, 1.165) is 49.1 Å². The van der Waals surface area contributed by atoms with Crippen LogP contribution in [-0.2, 0) is 6.54 Å². The van der Waals surface area contributed by atoms with Crippen molar-refractivity contribution in [1.82, 2.24) is 25.4 Å². The number of H-pyrrole nitrogens is 1. The van der Waals surface area contributed by atoms with E-state index in [1.54, 1.807) is 12.4 Å². The molecule has 3 N–H and O–H groups in total. The third kappa shape index (κ3) is 3.83. The van der Waals surface area contributed by atoms with E-state index in [1.165, 1.54) is 5.56 Å². The van der Waals surface area contributed by atoms with Gasteiger partial charge >= 0.3 is 6.03 Å². The highest BCUT2D eigenvalue weighted by atomic mass is 16.2. The summed E-state index contributed by atoms with van der Waals surface area (Å²) in [5.41, 5.74) is 2.90. The molecule has 0 radical (unpaired) electrons. The molecule has 0 unspecified atom stereocenters. The van der Waals surface area contributed by atoms with Gasteiger partial charge in [-0.3, -0.25) is 15.0 Å². The number of piperidine rings is 1. The number of urea groups is 1. The van der Waals surface area contributed by atoms with Gasteiger partial charge in [0.05, 0.1) is 17.4 Å². The van der Waals surface area contributed by atoms with Gasteiger partial charge in [0.2, 0.25) is 0 Å². The van der Waals surface area contributed by atoms with Crippen molar-refractivity contribution < 1.29 is 4.79 Å². The van der Waals surface area contributed by atoms with Crippen molar-refractivity contribution in [3.63, 3.8) is 0 Å². The van der Waals surface area contributed by atoms with Crippen molar-refractivity contribution in [3.05, 3.63) is 54.5 Å². The van der Waals surface area contributed by atoms with Gasteiger partial charge in [0.15, 0.2) is 0 Å². The molecule has 0 saturated carbocycles.